The van der Waals surface area contributed by atoms with Gasteiger partial charge in [-0.25, -0.2) is 0 Å². The Balaban J connectivity index is 1.56. The van der Waals surface area contributed by atoms with Crippen molar-refractivity contribution in [3.05, 3.63) is 29.8 Å². The fourth-order valence-corrected chi connectivity index (χ4v) is 5.21. The third-order valence-corrected chi connectivity index (χ3v) is 6.74. The number of fused-ring (bicyclic) bond motifs is 1. The first-order valence-electron chi connectivity index (χ1n) is 12.3. The smallest absolute Gasteiger partial charge is 0.222 e. The van der Waals surface area contributed by atoms with Gasteiger partial charge in [-0.3, -0.25) is 4.79 Å². The van der Waals surface area contributed by atoms with Crippen LogP contribution in [0.2, 0.25) is 0 Å². The Morgan fingerprint density at radius 3 is 2.65 bits per heavy atom. The van der Waals surface area contributed by atoms with Crippen LogP contribution in [0.15, 0.2) is 24.3 Å². The topological polar surface area (TPSA) is 42.0 Å². The van der Waals surface area contributed by atoms with Gasteiger partial charge in [0, 0.05) is 39.3 Å². The molecule has 5 nitrogen and oxygen atoms in total. The fraction of sp³-hybridized carbons (Fsp3) is 0.731. The second-order valence-electron chi connectivity index (χ2n) is 9.50. The highest BCUT2D eigenvalue weighted by Gasteiger charge is 2.34. The normalized spacial score (nSPS) is 21.7. The minimum atomic E-state index is 0.174. The zero-order valence-electron chi connectivity index (χ0n) is 19.9. The van der Waals surface area contributed by atoms with E-state index >= 15 is 0 Å². The Hall–Kier alpha value is -1.59. The standard InChI is InChI=1S/C26H42N2O3/c1-21(2)31-24-13-10-22(11-14-24)12-15-26(29)28(18-7-19-30-3)20-23-8-6-17-27-16-5-4-9-25(23)27/h10-11,13-14,21,23,25H,4-9,12,15-20H2,1-3H3. The van der Waals surface area contributed by atoms with Crippen molar-refractivity contribution >= 4 is 5.91 Å². The van der Waals surface area contributed by atoms with E-state index in [1.807, 2.05) is 26.0 Å². The van der Waals surface area contributed by atoms with Gasteiger partial charge in [0.05, 0.1) is 6.10 Å². The molecule has 2 saturated heterocycles. The Labute approximate surface area is 189 Å². The lowest BCUT2D eigenvalue weighted by Gasteiger charge is -2.45. The SMILES string of the molecule is COCCCN(CC1CCCN2CCCCC12)C(=O)CCc1ccc(OC(C)C)cc1. The van der Waals surface area contributed by atoms with E-state index in [9.17, 15) is 4.79 Å². The highest BCUT2D eigenvalue weighted by Crippen LogP contribution is 2.31. The number of ether oxygens (including phenoxy) is 2. The maximum absolute atomic E-state index is 13.2. The van der Waals surface area contributed by atoms with Crippen LogP contribution in [0.3, 0.4) is 0 Å². The molecule has 2 unspecified atom stereocenters. The Kier molecular flexibility index (Phi) is 9.66. The van der Waals surface area contributed by atoms with Crippen molar-refractivity contribution in [3.8, 4) is 5.75 Å². The molecular weight excluding hydrogens is 388 g/mol. The lowest BCUT2D eigenvalue weighted by atomic mass is 9.83. The summed E-state index contributed by atoms with van der Waals surface area (Å²) < 4.78 is 11.0. The third-order valence-electron chi connectivity index (χ3n) is 6.74. The van der Waals surface area contributed by atoms with Gasteiger partial charge in [-0.15, -0.1) is 0 Å². The van der Waals surface area contributed by atoms with Gasteiger partial charge in [0.2, 0.25) is 5.91 Å². The largest absolute Gasteiger partial charge is 0.491 e. The summed E-state index contributed by atoms with van der Waals surface area (Å²) in [5, 5.41) is 0. The molecule has 2 fully saturated rings. The summed E-state index contributed by atoms with van der Waals surface area (Å²) in [5.41, 5.74) is 1.19. The molecule has 1 aromatic carbocycles. The molecule has 174 valence electrons. The van der Waals surface area contributed by atoms with E-state index in [1.54, 1.807) is 7.11 Å². The first-order valence-corrected chi connectivity index (χ1v) is 12.3. The molecule has 5 heteroatoms. The van der Waals surface area contributed by atoms with Gasteiger partial charge in [0.25, 0.3) is 0 Å². The number of aryl methyl sites for hydroxylation is 1. The van der Waals surface area contributed by atoms with E-state index in [2.05, 4.69) is 21.9 Å². The van der Waals surface area contributed by atoms with Crippen LogP contribution in [0, 0.1) is 5.92 Å². The molecule has 0 N–H and O–H groups in total. The first kappa shape index (κ1) is 24.1. The molecule has 1 aromatic rings. The van der Waals surface area contributed by atoms with Crippen LogP contribution in [0.5, 0.6) is 5.75 Å². The predicted octanol–water partition coefficient (Wildman–Crippen LogP) is 4.54. The summed E-state index contributed by atoms with van der Waals surface area (Å²) in [6, 6.07) is 8.86. The summed E-state index contributed by atoms with van der Waals surface area (Å²) >= 11 is 0. The molecule has 2 atom stereocenters. The van der Waals surface area contributed by atoms with E-state index in [1.165, 1.54) is 50.8 Å². The zero-order chi connectivity index (χ0) is 22.1. The number of hydrogen-bond donors (Lipinski definition) is 0. The number of amides is 1. The van der Waals surface area contributed by atoms with Gasteiger partial charge in [0.15, 0.2) is 0 Å². The number of hydrogen-bond acceptors (Lipinski definition) is 4. The number of benzene rings is 1. The van der Waals surface area contributed by atoms with Crippen LogP contribution in [-0.4, -0.2) is 67.7 Å². The maximum Gasteiger partial charge on any atom is 0.222 e. The summed E-state index contributed by atoms with van der Waals surface area (Å²) in [6.07, 6.45) is 8.93. The van der Waals surface area contributed by atoms with Crippen molar-refractivity contribution in [1.29, 1.82) is 0 Å². The highest BCUT2D eigenvalue weighted by molar-refractivity contribution is 5.76. The maximum atomic E-state index is 13.2. The van der Waals surface area contributed by atoms with Gasteiger partial charge < -0.3 is 19.3 Å². The van der Waals surface area contributed by atoms with Crippen LogP contribution < -0.4 is 4.74 Å². The molecule has 0 bridgehead atoms. The molecule has 0 aliphatic carbocycles. The number of nitrogens with zero attached hydrogens (tertiary/aromatic N) is 2. The molecule has 3 rings (SSSR count). The second kappa shape index (κ2) is 12.4. The van der Waals surface area contributed by atoms with Crippen molar-refractivity contribution in [1.82, 2.24) is 9.80 Å². The molecule has 0 saturated carbocycles. The fourth-order valence-electron chi connectivity index (χ4n) is 5.21. The van der Waals surface area contributed by atoms with E-state index in [4.69, 9.17) is 9.47 Å². The molecule has 2 aliphatic rings. The Bertz CT molecular complexity index is 659. The van der Waals surface area contributed by atoms with Gasteiger partial charge in [-0.1, -0.05) is 18.6 Å². The van der Waals surface area contributed by atoms with Gasteiger partial charge in [0.1, 0.15) is 5.75 Å². The number of piperidine rings is 2. The van der Waals surface area contributed by atoms with Crippen LogP contribution in [0.4, 0.5) is 0 Å². The number of rotatable bonds is 11. The van der Waals surface area contributed by atoms with Crippen molar-refractivity contribution in [2.24, 2.45) is 5.92 Å². The molecule has 2 heterocycles. The van der Waals surface area contributed by atoms with E-state index in [0.29, 0.717) is 25.0 Å². The van der Waals surface area contributed by atoms with Crippen molar-refractivity contribution in [2.45, 2.75) is 77.4 Å². The van der Waals surface area contributed by atoms with Crippen LogP contribution >= 0.6 is 0 Å². The molecule has 2 aliphatic heterocycles. The van der Waals surface area contributed by atoms with Crippen molar-refractivity contribution < 1.29 is 14.3 Å². The van der Waals surface area contributed by atoms with Crippen LogP contribution in [0.1, 0.15) is 64.4 Å². The molecule has 0 spiro atoms. The molecule has 0 radical (unpaired) electrons. The van der Waals surface area contributed by atoms with Gasteiger partial charge in [-0.05, 0) is 89.1 Å². The summed E-state index contributed by atoms with van der Waals surface area (Å²) in [6.45, 7) is 8.97. The van der Waals surface area contributed by atoms with Gasteiger partial charge in [-0.2, -0.15) is 0 Å². The molecule has 1 amide bonds. The second-order valence-corrected chi connectivity index (χ2v) is 9.50. The average Bonchev–Trinajstić information content (AvgIpc) is 2.77. The summed E-state index contributed by atoms with van der Waals surface area (Å²) in [7, 11) is 1.74. The molecular formula is C26H42N2O3. The first-order chi connectivity index (χ1) is 15.1. The van der Waals surface area contributed by atoms with Crippen molar-refractivity contribution in [2.75, 3.05) is 39.9 Å². The van der Waals surface area contributed by atoms with Crippen LogP contribution in [-0.2, 0) is 16.0 Å². The summed E-state index contributed by atoms with van der Waals surface area (Å²) in [5.74, 6) is 1.79. The lowest BCUT2D eigenvalue weighted by Crippen LogP contribution is -2.51. The van der Waals surface area contributed by atoms with E-state index in [0.717, 1.165) is 31.7 Å². The zero-order valence-corrected chi connectivity index (χ0v) is 19.9. The quantitative estimate of drug-likeness (QED) is 0.484. The van der Waals surface area contributed by atoms with Crippen LogP contribution in [0.25, 0.3) is 0 Å². The van der Waals surface area contributed by atoms with Crippen molar-refractivity contribution in [3.63, 3.8) is 0 Å². The number of carbonyl (C=O) groups excluding carboxylic acids is 1. The molecule has 0 aromatic heterocycles. The minimum absolute atomic E-state index is 0.174. The lowest BCUT2D eigenvalue weighted by molar-refractivity contribution is -0.132. The third kappa shape index (κ3) is 7.50. The average molecular weight is 431 g/mol. The van der Waals surface area contributed by atoms with E-state index < -0.39 is 0 Å². The van der Waals surface area contributed by atoms with E-state index in [-0.39, 0.29) is 12.0 Å². The molecule has 31 heavy (non-hydrogen) atoms. The van der Waals surface area contributed by atoms with Gasteiger partial charge >= 0.3 is 0 Å². The minimum Gasteiger partial charge on any atom is -0.491 e. The number of methoxy groups -OCH3 is 1. The summed E-state index contributed by atoms with van der Waals surface area (Å²) in [4.78, 5) is 18.0. The highest BCUT2D eigenvalue weighted by atomic mass is 16.5. The predicted molar refractivity (Wildman–Crippen MR) is 126 cm³/mol. The number of carbonyl (C=O) groups is 1. The Morgan fingerprint density at radius 1 is 1.13 bits per heavy atom. The monoisotopic (exact) mass is 430 g/mol. The Morgan fingerprint density at radius 2 is 1.90 bits per heavy atom.